The van der Waals surface area contributed by atoms with E-state index in [4.69, 9.17) is 9.97 Å². The summed E-state index contributed by atoms with van der Waals surface area (Å²) in [7, 11) is 0. The van der Waals surface area contributed by atoms with Gasteiger partial charge in [-0.05, 0) is 87.3 Å². The molecule has 0 aliphatic heterocycles. The highest BCUT2D eigenvalue weighted by Gasteiger charge is 2.41. The maximum atomic E-state index is 5.44. The predicted molar refractivity (Wildman–Crippen MR) is 226 cm³/mol. The van der Waals surface area contributed by atoms with E-state index in [1.54, 1.807) is 0 Å². The average Bonchev–Trinajstić information content (AvgIpc) is 3.81. The van der Waals surface area contributed by atoms with E-state index < -0.39 is 0 Å². The molecular weight excluding hydrogens is 673 g/mol. The van der Waals surface area contributed by atoms with Gasteiger partial charge in [-0.2, -0.15) is 0 Å². The van der Waals surface area contributed by atoms with Crippen LogP contribution >= 0.6 is 11.3 Å². The van der Waals surface area contributed by atoms with Crippen molar-refractivity contribution in [2.45, 2.75) is 31.6 Å². The molecule has 0 spiro atoms. The Balaban J connectivity index is 1.15. The minimum atomic E-state index is -0.302. The van der Waals surface area contributed by atoms with Crippen LogP contribution in [0.5, 0.6) is 0 Å². The van der Waals surface area contributed by atoms with E-state index in [2.05, 4.69) is 185 Å². The van der Waals surface area contributed by atoms with Crippen LogP contribution in [0, 0.1) is 0 Å². The van der Waals surface area contributed by atoms with Crippen molar-refractivity contribution in [2.24, 2.45) is 0 Å². The first-order valence-corrected chi connectivity index (χ1v) is 19.6. The Kier molecular flexibility index (Phi) is 6.63. The third-order valence-electron chi connectivity index (χ3n) is 12.2. The monoisotopic (exact) mass is 708 g/mol. The quantitative estimate of drug-likeness (QED) is 0.182. The Bertz CT molecular complexity index is 2990. The van der Waals surface area contributed by atoms with E-state index in [9.17, 15) is 0 Å². The number of rotatable bonds is 4. The molecule has 0 bridgehead atoms. The molecule has 0 fully saturated rings. The Morgan fingerprint density at radius 3 is 1.85 bits per heavy atom. The van der Waals surface area contributed by atoms with E-state index in [1.807, 2.05) is 11.3 Å². The van der Waals surface area contributed by atoms with Gasteiger partial charge in [-0.3, -0.25) is 0 Å². The van der Waals surface area contributed by atoms with Crippen LogP contribution in [-0.2, 0) is 10.8 Å². The van der Waals surface area contributed by atoms with Gasteiger partial charge < -0.3 is 0 Å². The van der Waals surface area contributed by atoms with Crippen LogP contribution < -0.4 is 0 Å². The van der Waals surface area contributed by atoms with Crippen molar-refractivity contribution < 1.29 is 0 Å². The lowest BCUT2D eigenvalue weighted by Crippen LogP contribution is -2.22. The van der Waals surface area contributed by atoms with Crippen LogP contribution in [0.1, 0.15) is 48.6 Å². The summed E-state index contributed by atoms with van der Waals surface area (Å²) in [6.07, 6.45) is 0. The molecule has 9 aromatic rings. The standard InChI is InChI=1S/C51H36N2S/c1-50(2)40-20-10-7-16-34(40)36-27-25-32(29-42(36)50)49-52-44(30-45(53-49)38-19-13-23-47-48(38)39-18-9-12-22-46(39)54-47)31-24-26-37-35-17-8-11-21-41(35)51(3,43(37)28-31)33-14-5-4-6-15-33/h4-30H,1-3H3. The number of hydrogen-bond acceptors (Lipinski definition) is 3. The van der Waals surface area contributed by atoms with Gasteiger partial charge in [-0.1, -0.05) is 147 Å². The fourth-order valence-corrected chi connectivity index (χ4v) is 10.6. The summed E-state index contributed by atoms with van der Waals surface area (Å²) in [6, 6.07) is 60.0. The number of nitrogens with zero attached hydrogens (tertiary/aromatic N) is 2. The molecule has 2 aliphatic carbocycles. The van der Waals surface area contributed by atoms with E-state index in [0.717, 1.165) is 33.9 Å². The SMILES string of the molecule is CC1(C)c2ccccc2-c2ccc(-c3nc(-c4ccc5c(c4)C(C)(c4ccccc4)c4ccccc4-5)cc(-c4cccc5sc6ccccc6c45)n3)cc21. The number of fused-ring (bicyclic) bond motifs is 9. The predicted octanol–water partition coefficient (Wildman–Crippen LogP) is 13.5. The second kappa shape index (κ2) is 11.4. The lowest BCUT2D eigenvalue weighted by molar-refractivity contribution is 0.660. The molecule has 0 radical (unpaired) electrons. The fraction of sp³-hybridized carbons (Fsp3) is 0.0980. The number of thiophene rings is 1. The van der Waals surface area contributed by atoms with Crippen molar-refractivity contribution in [1.82, 2.24) is 9.97 Å². The number of aromatic nitrogens is 2. The van der Waals surface area contributed by atoms with Crippen LogP contribution in [-0.4, -0.2) is 9.97 Å². The van der Waals surface area contributed by atoms with Gasteiger partial charge in [0.1, 0.15) is 0 Å². The van der Waals surface area contributed by atoms with Crippen molar-refractivity contribution in [3.05, 3.63) is 192 Å². The van der Waals surface area contributed by atoms with Gasteiger partial charge in [-0.15, -0.1) is 11.3 Å². The smallest absolute Gasteiger partial charge is 0.160 e. The molecule has 256 valence electrons. The fourth-order valence-electron chi connectivity index (χ4n) is 9.43. The largest absolute Gasteiger partial charge is 0.228 e. The van der Waals surface area contributed by atoms with Crippen molar-refractivity contribution >= 4 is 31.5 Å². The molecule has 1 atom stereocenters. The van der Waals surface area contributed by atoms with Gasteiger partial charge in [0.05, 0.1) is 11.4 Å². The summed E-state index contributed by atoms with van der Waals surface area (Å²) >= 11 is 1.84. The molecule has 3 heteroatoms. The molecule has 7 aromatic carbocycles. The molecule has 0 saturated carbocycles. The van der Waals surface area contributed by atoms with Crippen molar-refractivity contribution in [1.29, 1.82) is 0 Å². The first kappa shape index (κ1) is 31.4. The highest BCUT2D eigenvalue weighted by molar-refractivity contribution is 7.25. The van der Waals surface area contributed by atoms with Crippen molar-refractivity contribution in [2.75, 3.05) is 0 Å². The molecule has 1 unspecified atom stereocenters. The maximum Gasteiger partial charge on any atom is 0.160 e. The average molecular weight is 709 g/mol. The lowest BCUT2D eigenvalue weighted by atomic mass is 9.74. The zero-order chi connectivity index (χ0) is 36.2. The van der Waals surface area contributed by atoms with Crippen LogP contribution in [0.25, 0.3) is 76.3 Å². The van der Waals surface area contributed by atoms with Gasteiger partial charge in [-0.25, -0.2) is 9.97 Å². The minimum Gasteiger partial charge on any atom is -0.228 e. The second-order valence-corrected chi connectivity index (χ2v) is 16.6. The first-order valence-electron chi connectivity index (χ1n) is 18.7. The van der Waals surface area contributed by atoms with Crippen LogP contribution in [0.15, 0.2) is 164 Å². The second-order valence-electron chi connectivity index (χ2n) is 15.5. The van der Waals surface area contributed by atoms with Crippen molar-refractivity contribution in [3.8, 4) is 56.2 Å². The Labute approximate surface area is 319 Å². The Hall–Kier alpha value is -6.16. The van der Waals surface area contributed by atoms with Crippen LogP contribution in [0.2, 0.25) is 0 Å². The topological polar surface area (TPSA) is 25.8 Å². The maximum absolute atomic E-state index is 5.44. The van der Waals surface area contributed by atoms with Gasteiger partial charge >= 0.3 is 0 Å². The highest BCUT2D eigenvalue weighted by Crippen LogP contribution is 2.54. The van der Waals surface area contributed by atoms with E-state index in [0.29, 0.717) is 0 Å². The lowest BCUT2D eigenvalue weighted by Gasteiger charge is -2.28. The first-order chi connectivity index (χ1) is 26.4. The van der Waals surface area contributed by atoms with Gasteiger partial charge in [0.25, 0.3) is 0 Å². The zero-order valence-corrected chi connectivity index (χ0v) is 31.2. The van der Waals surface area contributed by atoms with E-state index in [-0.39, 0.29) is 10.8 Å². The third-order valence-corrected chi connectivity index (χ3v) is 13.3. The molecule has 0 amide bonds. The molecule has 11 rings (SSSR count). The summed E-state index contributed by atoms with van der Waals surface area (Å²) in [5, 5.41) is 2.51. The summed E-state index contributed by atoms with van der Waals surface area (Å²) in [5.74, 6) is 0.739. The summed E-state index contributed by atoms with van der Waals surface area (Å²) < 4.78 is 2.55. The normalized spacial score (nSPS) is 16.3. The molecule has 2 heterocycles. The summed E-state index contributed by atoms with van der Waals surface area (Å²) in [5.41, 5.74) is 16.5. The van der Waals surface area contributed by atoms with Gasteiger partial charge in [0, 0.05) is 47.7 Å². The molecule has 2 nitrogen and oxygen atoms in total. The Morgan fingerprint density at radius 2 is 1.02 bits per heavy atom. The highest BCUT2D eigenvalue weighted by atomic mass is 32.1. The number of hydrogen-bond donors (Lipinski definition) is 0. The van der Waals surface area contributed by atoms with Crippen molar-refractivity contribution in [3.63, 3.8) is 0 Å². The molecule has 2 aliphatic rings. The molecule has 54 heavy (non-hydrogen) atoms. The van der Waals surface area contributed by atoms with Crippen LogP contribution in [0.3, 0.4) is 0 Å². The van der Waals surface area contributed by atoms with Gasteiger partial charge in [0.15, 0.2) is 5.82 Å². The molecule has 0 saturated heterocycles. The van der Waals surface area contributed by atoms with Gasteiger partial charge in [0.2, 0.25) is 0 Å². The molecular formula is C51H36N2S. The number of benzene rings is 7. The Morgan fingerprint density at radius 1 is 0.426 bits per heavy atom. The van der Waals surface area contributed by atoms with Crippen LogP contribution in [0.4, 0.5) is 0 Å². The van der Waals surface area contributed by atoms with E-state index in [1.165, 1.54) is 70.2 Å². The summed E-state index contributed by atoms with van der Waals surface area (Å²) in [4.78, 5) is 10.9. The zero-order valence-electron chi connectivity index (χ0n) is 30.4. The summed E-state index contributed by atoms with van der Waals surface area (Å²) in [6.45, 7) is 7.04. The molecule has 2 aromatic heterocycles. The third kappa shape index (κ3) is 4.39. The minimum absolute atomic E-state index is 0.125. The molecule has 0 N–H and O–H groups in total. The van der Waals surface area contributed by atoms with E-state index >= 15 is 0 Å².